The van der Waals surface area contributed by atoms with Gasteiger partial charge < -0.3 is 20.9 Å². The molecule has 14 heavy (non-hydrogen) atoms. The number of carbonyl (C=O) groups excluding carboxylic acids is 1. The molecule has 0 saturated carbocycles. The molecule has 1 aliphatic heterocycles. The fraction of sp³-hybridized carbons (Fsp3) is 0.750. The minimum absolute atomic E-state index is 0.299. The zero-order valence-electron chi connectivity index (χ0n) is 7.90. The topological polar surface area (TPSA) is 102 Å². The normalized spacial score (nSPS) is 28.4. The molecule has 0 aliphatic carbocycles. The molecule has 1 rings (SSSR count). The van der Waals surface area contributed by atoms with Crippen LogP contribution in [0.1, 0.15) is 13.3 Å². The van der Waals surface area contributed by atoms with E-state index in [4.69, 9.17) is 15.6 Å². The molecule has 1 fully saturated rings. The Labute approximate surface area is 81.4 Å². The Kier molecular flexibility index (Phi) is 3.43. The van der Waals surface area contributed by atoms with Crippen LogP contribution in [0.4, 0.5) is 0 Å². The number of carboxylic acid groups (broad SMARTS) is 1. The minimum atomic E-state index is -0.927. The van der Waals surface area contributed by atoms with Gasteiger partial charge in [0.25, 0.3) is 0 Å². The predicted octanol–water partition coefficient (Wildman–Crippen LogP) is -1.31. The Bertz CT molecular complexity index is 241. The van der Waals surface area contributed by atoms with E-state index in [0.717, 1.165) is 0 Å². The number of ether oxygens (including phenoxy) is 1. The molecule has 1 saturated heterocycles. The second kappa shape index (κ2) is 4.39. The molecule has 0 aromatic carbocycles. The third kappa shape index (κ3) is 2.68. The summed E-state index contributed by atoms with van der Waals surface area (Å²) in [6.45, 7) is 1.90. The van der Waals surface area contributed by atoms with Crippen LogP contribution in [0.15, 0.2) is 0 Å². The van der Waals surface area contributed by atoms with Crippen molar-refractivity contribution in [3.63, 3.8) is 0 Å². The summed E-state index contributed by atoms with van der Waals surface area (Å²) in [5, 5.41) is 11.4. The van der Waals surface area contributed by atoms with Crippen LogP contribution >= 0.6 is 0 Å². The molecular formula is C8H14N2O4. The van der Waals surface area contributed by atoms with Crippen LogP contribution < -0.4 is 11.1 Å². The Balaban J connectivity index is 2.36. The molecular weight excluding hydrogens is 188 g/mol. The zero-order valence-corrected chi connectivity index (χ0v) is 7.90. The maximum absolute atomic E-state index is 11.1. The van der Waals surface area contributed by atoms with Gasteiger partial charge >= 0.3 is 11.9 Å². The van der Waals surface area contributed by atoms with E-state index >= 15 is 0 Å². The SMILES string of the molecule is C[C@H](N)C(=O)OC1CN[C@H](C(=O)O)C1. The van der Waals surface area contributed by atoms with Gasteiger partial charge in [-0.3, -0.25) is 9.59 Å². The van der Waals surface area contributed by atoms with E-state index in [9.17, 15) is 9.59 Å². The Hall–Kier alpha value is -1.14. The molecule has 0 spiro atoms. The lowest BCUT2D eigenvalue weighted by atomic mass is 10.2. The van der Waals surface area contributed by atoms with E-state index < -0.39 is 24.0 Å². The van der Waals surface area contributed by atoms with Gasteiger partial charge in [0.15, 0.2) is 0 Å². The molecule has 3 atom stereocenters. The molecule has 80 valence electrons. The van der Waals surface area contributed by atoms with Crippen LogP contribution in [0.2, 0.25) is 0 Å². The second-order valence-corrected chi connectivity index (χ2v) is 3.38. The van der Waals surface area contributed by atoms with Crippen molar-refractivity contribution in [2.24, 2.45) is 5.73 Å². The van der Waals surface area contributed by atoms with Gasteiger partial charge in [0.1, 0.15) is 18.2 Å². The molecule has 0 amide bonds. The maximum atomic E-state index is 11.1. The number of carboxylic acids is 1. The summed E-state index contributed by atoms with van der Waals surface area (Å²) in [6, 6.07) is -1.29. The average Bonchev–Trinajstić information content (AvgIpc) is 2.52. The number of esters is 1. The van der Waals surface area contributed by atoms with Crippen molar-refractivity contribution in [1.29, 1.82) is 0 Å². The molecule has 0 radical (unpaired) electrons. The number of rotatable bonds is 3. The smallest absolute Gasteiger partial charge is 0.322 e. The number of carbonyl (C=O) groups is 2. The Morgan fingerprint density at radius 3 is 2.71 bits per heavy atom. The molecule has 6 heteroatoms. The van der Waals surface area contributed by atoms with Gasteiger partial charge in [0.05, 0.1) is 0 Å². The summed E-state index contributed by atoms with van der Waals surface area (Å²) in [7, 11) is 0. The third-order valence-corrected chi connectivity index (χ3v) is 2.04. The molecule has 6 nitrogen and oxygen atoms in total. The first-order valence-electron chi connectivity index (χ1n) is 4.43. The highest BCUT2D eigenvalue weighted by Gasteiger charge is 2.31. The summed E-state index contributed by atoms with van der Waals surface area (Å²) in [4.78, 5) is 21.6. The van der Waals surface area contributed by atoms with Crippen LogP contribution in [0.25, 0.3) is 0 Å². The minimum Gasteiger partial charge on any atom is -0.480 e. The van der Waals surface area contributed by atoms with E-state index in [2.05, 4.69) is 5.32 Å². The standard InChI is InChI=1S/C8H14N2O4/c1-4(9)8(13)14-5-2-6(7(11)12)10-3-5/h4-6,10H,2-3,9H2,1H3,(H,11,12)/t4-,5?,6-/m0/s1. The first-order chi connectivity index (χ1) is 6.50. The molecule has 0 bridgehead atoms. The third-order valence-electron chi connectivity index (χ3n) is 2.04. The second-order valence-electron chi connectivity index (χ2n) is 3.38. The van der Waals surface area contributed by atoms with Crippen molar-refractivity contribution in [2.75, 3.05) is 6.54 Å². The summed E-state index contributed by atoms with van der Waals surface area (Å²) in [5.74, 6) is -1.42. The first-order valence-corrected chi connectivity index (χ1v) is 4.43. The quantitative estimate of drug-likeness (QED) is 0.491. The van der Waals surface area contributed by atoms with Crippen molar-refractivity contribution in [3.05, 3.63) is 0 Å². The van der Waals surface area contributed by atoms with E-state index in [0.29, 0.717) is 13.0 Å². The van der Waals surface area contributed by atoms with Crippen molar-refractivity contribution in [3.8, 4) is 0 Å². The Morgan fingerprint density at radius 1 is 1.64 bits per heavy atom. The van der Waals surface area contributed by atoms with Gasteiger partial charge in [-0.05, 0) is 6.92 Å². The fourth-order valence-electron chi connectivity index (χ4n) is 1.25. The molecule has 4 N–H and O–H groups in total. The van der Waals surface area contributed by atoms with Crippen molar-refractivity contribution >= 4 is 11.9 Å². The van der Waals surface area contributed by atoms with Gasteiger partial charge in [0.2, 0.25) is 0 Å². The van der Waals surface area contributed by atoms with Crippen molar-refractivity contribution in [1.82, 2.24) is 5.32 Å². The van der Waals surface area contributed by atoms with Gasteiger partial charge in [-0.25, -0.2) is 0 Å². The number of hydrogen-bond donors (Lipinski definition) is 3. The molecule has 0 aromatic heterocycles. The molecule has 1 heterocycles. The van der Waals surface area contributed by atoms with Crippen LogP contribution in [-0.4, -0.2) is 41.8 Å². The van der Waals surface area contributed by atoms with Crippen LogP contribution in [0.3, 0.4) is 0 Å². The average molecular weight is 202 g/mol. The van der Waals surface area contributed by atoms with Crippen LogP contribution in [0.5, 0.6) is 0 Å². The van der Waals surface area contributed by atoms with Gasteiger partial charge in [-0.1, -0.05) is 0 Å². The number of aliphatic carboxylic acids is 1. The monoisotopic (exact) mass is 202 g/mol. The first kappa shape index (κ1) is 10.9. The summed E-state index contributed by atoms with van der Waals surface area (Å²) < 4.78 is 4.96. The van der Waals surface area contributed by atoms with Crippen LogP contribution in [-0.2, 0) is 14.3 Å². The van der Waals surface area contributed by atoms with Crippen molar-refractivity contribution in [2.45, 2.75) is 31.5 Å². The highest BCUT2D eigenvalue weighted by molar-refractivity contribution is 5.76. The van der Waals surface area contributed by atoms with Gasteiger partial charge in [0, 0.05) is 13.0 Å². The van der Waals surface area contributed by atoms with E-state index in [1.54, 1.807) is 0 Å². The Morgan fingerprint density at radius 2 is 2.29 bits per heavy atom. The van der Waals surface area contributed by atoms with Crippen LogP contribution in [0, 0.1) is 0 Å². The fourth-order valence-corrected chi connectivity index (χ4v) is 1.25. The molecule has 1 aliphatic rings. The lowest BCUT2D eigenvalue weighted by molar-refractivity contribution is -0.150. The lowest BCUT2D eigenvalue weighted by Gasteiger charge is -2.12. The van der Waals surface area contributed by atoms with Gasteiger partial charge in [-0.2, -0.15) is 0 Å². The number of hydrogen-bond acceptors (Lipinski definition) is 5. The van der Waals surface area contributed by atoms with E-state index in [1.807, 2.05) is 0 Å². The zero-order chi connectivity index (χ0) is 10.7. The summed E-state index contributed by atoms with van der Waals surface area (Å²) in [5.41, 5.74) is 5.30. The van der Waals surface area contributed by atoms with Crippen molar-refractivity contribution < 1.29 is 19.4 Å². The lowest BCUT2D eigenvalue weighted by Crippen LogP contribution is -2.32. The highest BCUT2D eigenvalue weighted by atomic mass is 16.5. The highest BCUT2D eigenvalue weighted by Crippen LogP contribution is 2.11. The molecule has 1 unspecified atom stereocenters. The number of nitrogens with one attached hydrogen (secondary N) is 1. The summed E-state index contributed by atoms with van der Waals surface area (Å²) in [6.07, 6.45) is -0.0806. The predicted molar refractivity (Wildman–Crippen MR) is 47.6 cm³/mol. The molecule has 0 aromatic rings. The van der Waals surface area contributed by atoms with Gasteiger partial charge in [-0.15, -0.1) is 0 Å². The maximum Gasteiger partial charge on any atom is 0.322 e. The van der Waals surface area contributed by atoms with E-state index in [1.165, 1.54) is 6.92 Å². The summed E-state index contributed by atoms with van der Waals surface area (Å²) >= 11 is 0. The number of nitrogens with two attached hydrogens (primary N) is 1. The largest absolute Gasteiger partial charge is 0.480 e. The van der Waals surface area contributed by atoms with E-state index in [-0.39, 0.29) is 6.10 Å².